The summed E-state index contributed by atoms with van der Waals surface area (Å²) in [6, 6.07) is 3.29. The smallest absolute Gasteiger partial charge is 0.341 e. The van der Waals surface area contributed by atoms with Gasteiger partial charge in [0.25, 0.3) is 0 Å². The summed E-state index contributed by atoms with van der Waals surface area (Å²) in [6.45, 7) is 2.75. The number of rotatable bonds is 5. The first-order chi connectivity index (χ1) is 13.9. The highest BCUT2D eigenvalue weighted by Crippen LogP contribution is 2.45. The molecule has 1 saturated carbocycles. The van der Waals surface area contributed by atoms with Gasteiger partial charge in [-0.3, -0.25) is 4.79 Å². The quantitative estimate of drug-likeness (QED) is 0.749. The lowest BCUT2D eigenvalue weighted by Crippen LogP contribution is -2.28. The van der Waals surface area contributed by atoms with E-state index in [1.807, 2.05) is 6.92 Å². The molecule has 2 heterocycles. The molecule has 4 rings (SSSR count). The maximum Gasteiger partial charge on any atom is 0.341 e. The fraction of sp³-hybridized carbons (Fsp3) is 0.476. The number of hydrogen-bond acceptors (Lipinski definition) is 5. The van der Waals surface area contributed by atoms with Crippen LogP contribution in [0.4, 0.5) is 4.39 Å². The van der Waals surface area contributed by atoms with Crippen molar-refractivity contribution in [1.29, 1.82) is 5.26 Å². The monoisotopic (exact) mass is 399 g/mol. The number of nitrogens with one attached hydrogen (secondary N) is 1. The summed E-state index contributed by atoms with van der Waals surface area (Å²) in [5, 5.41) is 21.4. The van der Waals surface area contributed by atoms with E-state index in [4.69, 9.17) is 10.00 Å². The molecular formula is C21H22FN3O4. The number of carboxylic acid groups (broad SMARTS) is 1. The Bertz CT molecular complexity index is 1090. The number of nitrogens with zero attached hydrogens (tertiary/aromatic N) is 2. The summed E-state index contributed by atoms with van der Waals surface area (Å²) >= 11 is 0. The number of benzene rings is 1. The number of carboxylic acids is 1. The average Bonchev–Trinajstić information content (AvgIpc) is 3.14. The number of carbonyl (C=O) groups is 1. The van der Waals surface area contributed by atoms with Crippen LogP contribution >= 0.6 is 0 Å². The molecule has 0 saturated heterocycles. The summed E-state index contributed by atoms with van der Waals surface area (Å²) in [5.74, 6) is -1.57. The number of pyridine rings is 1. The summed E-state index contributed by atoms with van der Waals surface area (Å²) in [5.41, 5.74) is -0.135. The maximum absolute atomic E-state index is 15.2. The zero-order valence-corrected chi connectivity index (χ0v) is 16.1. The van der Waals surface area contributed by atoms with Crippen LogP contribution in [-0.2, 0) is 0 Å². The lowest BCUT2D eigenvalue weighted by molar-refractivity contribution is 0.0694. The molecule has 1 aliphatic heterocycles. The summed E-state index contributed by atoms with van der Waals surface area (Å²) < 4.78 is 22.8. The van der Waals surface area contributed by atoms with Crippen molar-refractivity contribution < 1.29 is 19.0 Å². The van der Waals surface area contributed by atoms with E-state index < -0.39 is 17.2 Å². The highest BCUT2D eigenvalue weighted by atomic mass is 19.1. The number of nitriles is 1. The minimum atomic E-state index is -1.33. The van der Waals surface area contributed by atoms with Gasteiger partial charge < -0.3 is 19.7 Å². The van der Waals surface area contributed by atoms with Gasteiger partial charge in [-0.15, -0.1) is 0 Å². The van der Waals surface area contributed by atoms with Gasteiger partial charge in [0, 0.05) is 30.8 Å². The predicted octanol–water partition coefficient (Wildman–Crippen LogP) is 2.93. The second kappa shape index (κ2) is 7.48. The van der Waals surface area contributed by atoms with Crippen LogP contribution in [0.2, 0.25) is 0 Å². The number of halogens is 1. The van der Waals surface area contributed by atoms with Gasteiger partial charge in [0.15, 0.2) is 0 Å². The molecule has 2 unspecified atom stereocenters. The topological polar surface area (TPSA) is 104 Å². The first-order valence-electron chi connectivity index (χ1n) is 9.80. The van der Waals surface area contributed by atoms with Gasteiger partial charge in [-0.05, 0) is 38.2 Å². The van der Waals surface area contributed by atoms with Crippen molar-refractivity contribution in [3.63, 3.8) is 0 Å². The molecule has 0 spiro atoms. The molecule has 2 aromatic rings. The SMILES string of the molecule is C[C@H]1COc2c(C3CCC(NCCC#N)C3)c(F)cc3c(=O)c(C(=O)O)cn1c23. The van der Waals surface area contributed by atoms with E-state index in [1.165, 1.54) is 6.20 Å². The Hall–Kier alpha value is -2.92. The number of aromatic carboxylic acids is 1. The Balaban J connectivity index is 1.81. The largest absolute Gasteiger partial charge is 0.489 e. The summed E-state index contributed by atoms with van der Waals surface area (Å²) in [7, 11) is 0. The second-order valence-corrected chi connectivity index (χ2v) is 7.81. The Morgan fingerprint density at radius 1 is 1.48 bits per heavy atom. The molecule has 3 atom stereocenters. The van der Waals surface area contributed by atoms with Crippen LogP contribution in [0.15, 0.2) is 17.1 Å². The van der Waals surface area contributed by atoms with E-state index in [-0.39, 0.29) is 35.6 Å². The first-order valence-corrected chi connectivity index (χ1v) is 9.80. The van der Waals surface area contributed by atoms with E-state index >= 15 is 4.39 Å². The van der Waals surface area contributed by atoms with Gasteiger partial charge in [-0.2, -0.15) is 5.26 Å². The molecular weight excluding hydrogens is 377 g/mol. The highest BCUT2D eigenvalue weighted by Gasteiger charge is 2.34. The first kappa shape index (κ1) is 19.4. The van der Waals surface area contributed by atoms with Crippen LogP contribution in [0, 0.1) is 17.1 Å². The molecule has 1 aromatic heterocycles. The average molecular weight is 399 g/mol. The van der Waals surface area contributed by atoms with Gasteiger partial charge in [-0.1, -0.05) is 0 Å². The zero-order valence-electron chi connectivity index (χ0n) is 16.1. The van der Waals surface area contributed by atoms with Gasteiger partial charge in [-0.25, -0.2) is 9.18 Å². The van der Waals surface area contributed by atoms with E-state index in [0.717, 1.165) is 25.3 Å². The van der Waals surface area contributed by atoms with Crippen LogP contribution in [0.1, 0.15) is 60.5 Å². The predicted molar refractivity (Wildman–Crippen MR) is 104 cm³/mol. The summed E-state index contributed by atoms with van der Waals surface area (Å²) in [6.07, 6.45) is 4.13. The van der Waals surface area contributed by atoms with E-state index in [2.05, 4.69) is 11.4 Å². The normalized spacial score (nSPS) is 23.0. The molecule has 1 aliphatic carbocycles. The molecule has 1 aromatic carbocycles. The van der Waals surface area contributed by atoms with Crippen LogP contribution in [0.5, 0.6) is 5.75 Å². The van der Waals surface area contributed by atoms with Crippen molar-refractivity contribution >= 4 is 16.9 Å². The van der Waals surface area contributed by atoms with Crippen molar-refractivity contribution in [3.05, 3.63) is 39.4 Å². The molecule has 7 nitrogen and oxygen atoms in total. The molecule has 29 heavy (non-hydrogen) atoms. The van der Waals surface area contributed by atoms with Gasteiger partial charge in [0.1, 0.15) is 23.7 Å². The van der Waals surface area contributed by atoms with E-state index in [9.17, 15) is 14.7 Å². The number of aromatic nitrogens is 1. The third-order valence-corrected chi connectivity index (χ3v) is 5.94. The summed E-state index contributed by atoms with van der Waals surface area (Å²) in [4.78, 5) is 24.1. The molecule has 2 N–H and O–H groups in total. The van der Waals surface area contributed by atoms with E-state index in [1.54, 1.807) is 4.57 Å². The third kappa shape index (κ3) is 3.25. The van der Waals surface area contributed by atoms with Crippen molar-refractivity contribution in [3.8, 4) is 11.8 Å². The lowest BCUT2D eigenvalue weighted by Gasteiger charge is -2.30. The third-order valence-electron chi connectivity index (χ3n) is 5.94. The molecule has 2 aliphatic rings. The van der Waals surface area contributed by atoms with Crippen molar-refractivity contribution in [2.24, 2.45) is 0 Å². The van der Waals surface area contributed by atoms with Crippen LogP contribution < -0.4 is 15.5 Å². The molecule has 152 valence electrons. The van der Waals surface area contributed by atoms with Crippen LogP contribution in [0.25, 0.3) is 10.9 Å². The standard InChI is InChI=1S/C21H22FN3O4/c1-11-10-29-20-17(12-3-4-13(7-12)24-6-2-5-23)16(22)8-14-18(20)25(11)9-15(19(14)26)21(27)28/h8-9,11-13,24H,2-4,6-7,10H2,1H3,(H,27,28)/t11-,12?,13?/m0/s1. The van der Waals surface area contributed by atoms with Gasteiger partial charge in [0.05, 0.1) is 23.0 Å². The highest BCUT2D eigenvalue weighted by molar-refractivity contribution is 5.95. The van der Waals surface area contributed by atoms with Gasteiger partial charge >= 0.3 is 5.97 Å². The maximum atomic E-state index is 15.2. The fourth-order valence-corrected chi connectivity index (χ4v) is 4.54. The minimum absolute atomic E-state index is 0.0365. The number of hydrogen-bond donors (Lipinski definition) is 2. The van der Waals surface area contributed by atoms with Crippen molar-refractivity contribution in [2.45, 2.75) is 50.6 Å². The minimum Gasteiger partial charge on any atom is -0.489 e. The zero-order chi connectivity index (χ0) is 20.7. The van der Waals surface area contributed by atoms with Crippen molar-refractivity contribution in [1.82, 2.24) is 9.88 Å². The van der Waals surface area contributed by atoms with Crippen LogP contribution in [0.3, 0.4) is 0 Å². The van der Waals surface area contributed by atoms with Crippen molar-refractivity contribution in [2.75, 3.05) is 13.2 Å². The van der Waals surface area contributed by atoms with Crippen LogP contribution in [-0.4, -0.2) is 34.8 Å². The Labute approximate surface area is 166 Å². The van der Waals surface area contributed by atoms with Gasteiger partial charge in [0.2, 0.25) is 5.43 Å². The molecule has 8 heteroatoms. The Morgan fingerprint density at radius 3 is 3.00 bits per heavy atom. The molecule has 0 bridgehead atoms. The van der Waals surface area contributed by atoms with E-state index in [0.29, 0.717) is 29.8 Å². The fourth-order valence-electron chi connectivity index (χ4n) is 4.54. The Morgan fingerprint density at radius 2 is 2.28 bits per heavy atom. The second-order valence-electron chi connectivity index (χ2n) is 7.81. The molecule has 0 radical (unpaired) electrons. The molecule has 1 fully saturated rings. The molecule has 0 amide bonds. The Kier molecular flexibility index (Phi) is 5.01. The number of ether oxygens (including phenoxy) is 1. The lowest BCUT2D eigenvalue weighted by atomic mass is 9.92.